The fourth-order valence-corrected chi connectivity index (χ4v) is 2.93. The summed E-state index contributed by atoms with van der Waals surface area (Å²) in [5, 5.41) is 22.0. The van der Waals surface area contributed by atoms with Gasteiger partial charge in [-0.05, 0) is 19.1 Å². The number of carbonyl (C=O) groups is 1. The molecule has 0 aliphatic carbocycles. The summed E-state index contributed by atoms with van der Waals surface area (Å²) in [6, 6.07) is 4.41. The average Bonchev–Trinajstić information content (AvgIpc) is 2.96. The summed E-state index contributed by atoms with van der Waals surface area (Å²) in [4.78, 5) is 28.3. The molecule has 3 rings (SSSR count). The number of nitrogens with zero attached hydrogens (tertiary/aromatic N) is 2. The van der Waals surface area contributed by atoms with Crippen molar-refractivity contribution in [2.75, 3.05) is 19.5 Å². The first-order valence-electron chi connectivity index (χ1n) is 8.60. The monoisotopic (exact) mass is 409 g/mol. The maximum atomic E-state index is 14.5. The number of carbonyl (C=O) groups excluding carboxylic acids is 1. The Bertz CT molecular complexity index is 980. The van der Waals surface area contributed by atoms with E-state index in [9.17, 15) is 24.2 Å². The molecule has 10 nitrogen and oxygen atoms in total. The molecule has 1 aromatic carbocycles. The summed E-state index contributed by atoms with van der Waals surface area (Å²) in [7, 11) is 2.81. The third-order valence-electron chi connectivity index (χ3n) is 4.54. The van der Waals surface area contributed by atoms with Gasteiger partial charge in [-0.1, -0.05) is 0 Å². The molecule has 1 aliphatic heterocycles. The fourth-order valence-electron chi connectivity index (χ4n) is 2.93. The Morgan fingerprint density at radius 3 is 2.59 bits per heavy atom. The second-order valence-electron chi connectivity index (χ2n) is 6.36. The number of nitrogens with one attached hydrogen (secondary N) is 1. The Kier molecular flexibility index (Phi) is 5.82. The number of hydrogen-bond acceptors (Lipinski definition) is 8. The zero-order chi connectivity index (χ0) is 21.3. The van der Waals surface area contributed by atoms with Gasteiger partial charge in [0.05, 0.1) is 32.1 Å². The van der Waals surface area contributed by atoms with E-state index in [2.05, 4.69) is 10.3 Å². The van der Waals surface area contributed by atoms with E-state index in [1.54, 1.807) is 0 Å². The van der Waals surface area contributed by atoms with Crippen LogP contribution in [-0.4, -0.2) is 58.2 Å². The average molecular weight is 409 g/mol. The summed E-state index contributed by atoms with van der Waals surface area (Å²) in [5.41, 5.74) is -0.904. The molecule has 1 aromatic heterocycles. The molecule has 0 bridgehead atoms. The molecular formula is C18H20FN3O7. The first kappa shape index (κ1) is 20.7. The van der Waals surface area contributed by atoms with Gasteiger partial charge in [0.15, 0.2) is 17.9 Å². The number of ether oxygens (including phenoxy) is 3. The minimum atomic E-state index is -1.44. The van der Waals surface area contributed by atoms with Gasteiger partial charge in [0.25, 0.3) is 5.91 Å². The minimum absolute atomic E-state index is 0.0742. The van der Waals surface area contributed by atoms with Gasteiger partial charge in [-0.15, -0.1) is 0 Å². The molecule has 0 spiro atoms. The number of halogens is 1. The van der Waals surface area contributed by atoms with Crippen molar-refractivity contribution < 1.29 is 33.6 Å². The van der Waals surface area contributed by atoms with Gasteiger partial charge in [-0.25, -0.2) is 9.18 Å². The van der Waals surface area contributed by atoms with E-state index in [0.29, 0.717) is 5.75 Å². The minimum Gasteiger partial charge on any atom is -0.497 e. The number of aliphatic hydroxyl groups is 2. The third kappa shape index (κ3) is 3.92. The first-order valence-corrected chi connectivity index (χ1v) is 8.60. The number of aromatic nitrogens is 2. The van der Waals surface area contributed by atoms with Crippen LogP contribution in [0, 0.1) is 5.82 Å². The smallest absolute Gasteiger partial charge is 0.351 e. The molecule has 0 unspecified atom stereocenters. The van der Waals surface area contributed by atoms with Crippen LogP contribution in [0.4, 0.5) is 10.2 Å². The van der Waals surface area contributed by atoms with Gasteiger partial charge in [-0.3, -0.25) is 9.36 Å². The molecule has 1 amide bonds. The molecule has 1 aliphatic rings. The summed E-state index contributed by atoms with van der Waals surface area (Å²) in [6.45, 7) is 1.50. The van der Waals surface area contributed by atoms with Crippen LogP contribution in [0.25, 0.3) is 0 Å². The van der Waals surface area contributed by atoms with E-state index in [4.69, 9.17) is 14.2 Å². The highest BCUT2D eigenvalue weighted by Gasteiger charge is 2.42. The second kappa shape index (κ2) is 8.15. The predicted molar refractivity (Wildman–Crippen MR) is 97.6 cm³/mol. The molecule has 3 N–H and O–H groups in total. The summed E-state index contributed by atoms with van der Waals surface area (Å²) in [6.07, 6.45) is -3.99. The van der Waals surface area contributed by atoms with E-state index in [-0.39, 0.29) is 11.3 Å². The maximum Gasteiger partial charge on any atom is 0.351 e. The Morgan fingerprint density at radius 2 is 2.00 bits per heavy atom. The van der Waals surface area contributed by atoms with Crippen molar-refractivity contribution >= 4 is 11.7 Å². The molecule has 4 atom stereocenters. The summed E-state index contributed by atoms with van der Waals surface area (Å²) in [5.74, 6) is -1.75. The lowest BCUT2D eigenvalue weighted by Crippen LogP contribution is -2.36. The molecule has 1 saturated heterocycles. The molecule has 29 heavy (non-hydrogen) atoms. The zero-order valence-corrected chi connectivity index (χ0v) is 15.8. The molecular weight excluding hydrogens is 389 g/mol. The van der Waals surface area contributed by atoms with Crippen LogP contribution >= 0.6 is 0 Å². The first-order chi connectivity index (χ1) is 13.8. The lowest BCUT2D eigenvalue weighted by molar-refractivity contribution is -0.0355. The lowest BCUT2D eigenvalue weighted by atomic mass is 10.1. The topological polar surface area (TPSA) is 132 Å². The van der Waals surface area contributed by atoms with Crippen LogP contribution in [0.1, 0.15) is 23.5 Å². The highest BCUT2D eigenvalue weighted by molar-refractivity contribution is 6.05. The van der Waals surface area contributed by atoms with E-state index in [0.717, 1.165) is 10.8 Å². The SMILES string of the molecule is COc1ccc(C(=O)Nc2nc(=O)n([C@@H]3O[C@H](C)[C@@H](O)[C@H]3O)cc2F)c(OC)c1. The van der Waals surface area contributed by atoms with E-state index in [1.807, 2.05) is 0 Å². The summed E-state index contributed by atoms with van der Waals surface area (Å²) >= 11 is 0. The molecule has 156 valence electrons. The van der Waals surface area contributed by atoms with E-state index < -0.39 is 47.8 Å². The zero-order valence-electron chi connectivity index (χ0n) is 15.8. The van der Waals surface area contributed by atoms with Crippen molar-refractivity contribution in [1.82, 2.24) is 9.55 Å². The number of rotatable bonds is 5. The van der Waals surface area contributed by atoms with Crippen molar-refractivity contribution in [2.24, 2.45) is 0 Å². The van der Waals surface area contributed by atoms with Crippen molar-refractivity contribution in [3.8, 4) is 11.5 Å². The van der Waals surface area contributed by atoms with Crippen LogP contribution in [-0.2, 0) is 4.74 Å². The number of amides is 1. The van der Waals surface area contributed by atoms with Gasteiger partial charge < -0.3 is 29.7 Å². The van der Waals surface area contributed by atoms with Crippen LogP contribution in [0.2, 0.25) is 0 Å². The van der Waals surface area contributed by atoms with Crippen LogP contribution in [0.3, 0.4) is 0 Å². The number of methoxy groups -OCH3 is 2. The molecule has 0 saturated carbocycles. The lowest BCUT2D eigenvalue weighted by Gasteiger charge is -2.18. The largest absolute Gasteiger partial charge is 0.497 e. The van der Waals surface area contributed by atoms with Crippen molar-refractivity contribution in [3.05, 3.63) is 46.3 Å². The highest BCUT2D eigenvalue weighted by atomic mass is 19.1. The van der Waals surface area contributed by atoms with Crippen molar-refractivity contribution in [3.63, 3.8) is 0 Å². The number of aliphatic hydroxyl groups excluding tert-OH is 2. The molecule has 2 aromatic rings. The van der Waals surface area contributed by atoms with E-state index >= 15 is 0 Å². The van der Waals surface area contributed by atoms with Crippen LogP contribution < -0.4 is 20.5 Å². The highest BCUT2D eigenvalue weighted by Crippen LogP contribution is 2.29. The standard InChI is InChI=1S/C18H20FN3O7/c1-8-13(23)14(24)17(29-8)22-7-11(19)15(21-18(22)26)20-16(25)10-5-4-9(27-2)6-12(10)28-3/h4-8,13-14,17,23-24H,1-3H3,(H,20,21,25,26)/t8-,13-,14-,17-/m1/s1. The van der Waals surface area contributed by atoms with Gasteiger partial charge in [-0.2, -0.15) is 4.98 Å². The van der Waals surface area contributed by atoms with E-state index in [1.165, 1.54) is 39.3 Å². The van der Waals surface area contributed by atoms with Gasteiger partial charge >= 0.3 is 5.69 Å². The Morgan fingerprint density at radius 1 is 1.28 bits per heavy atom. The molecule has 1 fully saturated rings. The van der Waals surface area contributed by atoms with Crippen LogP contribution in [0.5, 0.6) is 11.5 Å². The normalized spacial score (nSPS) is 23.7. The quantitative estimate of drug-likeness (QED) is 0.642. The van der Waals surface area contributed by atoms with Gasteiger partial charge in [0.1, 0.15) is 23.7 Å². The van der Waals surface area contributed by atoms with Gasteiger partial charge in [0, 0.05) is 6.07 Å². The van der Waals surface area contributed by atoms with Crippen molar-refractivity contribution in [2.45, 2.75) is 31.5 Å². The molecule has 2 heterocycles. The number of benzene rings is 1. The van der Waals surface area contributed by atoms with Crippen molar-refractivity contribution in [1.29, 1.82) is 0 Å². The maximum absolute atomic E-state index is 14.5. The Balaban J connectivity index is 1.87. The summed E-state index contributed by atoms with van der Waals surface area (Å²) < 4.78 is 30.7. The number of hydrogen-bond donors (Lipinski definition) is 3. The Hall–Kier alpha value is -3.02. The predicted octanol–water partition coefficient (Wildman–Crippen LogP) is 0.291. The number of anilines is 1. The van der Waals surface area contributed by atoms with Crippen LogP contribution in [0.15, 0.2) is 29.2 Å². The van der Waals surface area contributed by atoms with Gasteiger partial charge in [0.2, 0.25) is 0 Å². The Labute approximate surface area is 164 Å². The third-order valence-corrected chi connectivity index (χ3v) is 4.54. The second-order valence-corrected chi connectivity index (χ2v) is 6.36. The molecule has 11 heteroatoms. The molecule has 0 radical (unpaired) electrons. The fraction of sp³-hybridized carbons (Fsp3) is 0.389.